The molecule has 1 unspecified atom stereocenters. The van der Waals surface area contributed by atoms with Crippen LogP contribution in [0.1, 0.15) is 23.2 Å². The van der Waals surface area contributed by atoms with Crippen LogP contribution in [-0.2, 0) is 4.79 Å². The first-order valence-corrected chi connectivity index (χ1v) is 10.9. The van der Waals surface area contributed by atoms with Crippen LogP contribution in [-0.4, -0.2) is 43.0 Å². The molecule has 1 heterocycles. The molecule has 3 aromatic rings. The van der Waals surface area contributed by atoms with Crippen LogP contribution in [0.25, 0.3) is 10.8 Å². The van der Waals surface area contributed by atoms with Gasteiger partial charge in [-0.1, -0.05) is 41.9 Å². The highest BCUT2D eigenvalue weighted by atomic mass is 35.5. The molecule has 1 saturated heterocycles. The van der Waals surface area contributed by atoms with Gasteiger partial charge in [-0.25, -0.2) is 0 Å². The lowest BCUT2D eigenvalue weighted by molar-refractivity contribution is -0.126. The molecule has 0 bridgehead atoms. The third-order valence-corrected chi connectivity index (χ3v) is 5.81. The molecule has 1 fully saturated rings. The summed E-state index contributed by atoms with van der Waals surface area (Å²) in [6, 6.07) is 20.9. The fraction of sp³-hybridized carbons (Fsp3) is 0.280. The van der Waals surface area contributed by atoms with E-state index in [1.807, 2.05) is 36.4 Å². The largest absolute Gasteiger partial charge is 0.492 e. The number of likely N-dealkylation sites (tertiary alicyclic amines) is 1. The topological polar surface area (TPSA) is 58.6 Å². The van der Waals surface area contributed by atoms with Crippen LogP contribution >= 0.6 is 11.6 Å². The standard InChI is InChI=1S/C25H25ClN2O3/c26-22-10-7-19(8-11-22)25(30)28-14-3-6-21(17-28)24(29)27-13-15-31-23-12-9-18-4-1-2-5-20(18)16-23/h1-2,4-5,7-12,16,21H,3,6,13-15,17H2,(H,27,29). The Labute approximate surface area is 186 Å². The molecule has 0 spiro atoms. The van der Waals surface area contributed by atoms with Crippen molar-refractivity contribution in [1.82, 2.24) is 10.2 Å². The Morgan fingerprint density at radius 2 is 1.81 bits per heavy atom. The lowest BCUT2D eigenvalue weighted by Crippen LogP contribution is -2.46. The van der Waals surface area contributed by atoms with Gasteiger partial charge in [0.25, 0.3) is 5.91 Å². The van der Waals surface area contributed by atoms with Crippen molar-refractivity contribution in [3.05, 3.63) is 77.3 Å². The van der Waals surface area contributed by atoms with Gasteiger partial charge in [-0.05, 0) is 60.0 Å². The van der Waals surface area contributed by atoms with E-state index < -0.39 is 0 Å². The second-order valence-electron chi connectivity index (χ2n) is 7.75. The number of hydrogen-bond donors (Lipinski definition) is 1. The third kappa shape index (κ3) is 5.36. The molecule has 2 amide bonds. The van der Waals surface area contributed by atoms with Gasteiger partial charge in [0.15, 0.2) is 0 Å². The van der Waals surface area contributed by atoms with E-state index in [9.17, 15) is 9.59 Å². The molecular weight excluding hydrogens is 412 g/mol. The minimum atomic E-state index is -0.203. The van der Waals surface area contributed by atoms with E-state index in [0.717, 1.165) is 29.4 Å². The number of carbonyl (C=O) groups excluding carboxylic acids is 2. The van der Waals surface area contributed by atoms with E-state index in [1.54, 1.807) is 29.2 Å². The molecule has 6 heteroatoms. The number of halogens is 1. The summed E-state index contributed by atoms with van der Waals surface area (Å²) in [7, 11) is 0. The minimum Gasteiger partial charge on any atom is -0.492 e. The lowest BCUT2D eigenvalue weighted by atomic mass is 9.96. The van der Waals surface area contributed by atoms with Crippen LogP contribution in [0.15, 0.2) is 66.7 Å². The van der Waals surface area contributed by atoms with E-state index in [2.05, 4.69) is 11.4 Å². The second kappa shape index (κ2) is 9.84. The van der Waals surface area contributed by atoms with Crippen molar-refractivity contribution >= 4 is 34.2 Å². The summed E-state index contributed by atoms with van der Waals surface area (Å²) in [5, 5.41) is 5.83. The van der Waals surface area contributed by atoms with Crippen LogP contribution in [0.3, 0.4) is 0 Å². The maximum atomic E-state index is 12.7. The fourth-order valence-corrected chi connectivity index (χ4v) is 4.02. The van der Waals surface area contributed by atoms with Gasteiger partial charge in [-0.15, -0.1) is 0 Å². The Kier molecular flexibility index (Phi) is 6.73. The van der Waals surface area contributed by atoms with Crippen molar-refractivity contribution in [2.75, 3.05) is 26.2 Å². The molecule has 1 N–H and O–H groups in total. The number of carbonyl (C=O) groups is 2. The highest BCUT2D eigenvalue weighted by Gasteiger charge is 2.28. The number of amides is 2. The number of rotatable bonds is 6. The van der Waals surface area contributed by atoms with Crippen molar-refractivity contribution in [1.29, 1.82) is 0 Å². The molecule has 1 atom stereocenters. The van der Waals surface area contributed by atoms with Crippen molar-refractivity contribution in [3.63, 3.8) is 0 Å². The molecule has 1 aliphatic rings. The van der Waals surface area contributed by atoms with E-state index in [4.69, 9.17) is 16.3 Å². The van der Waals surface area contributed by atoms with Crippen molar-refractivity contribution < 1.29 is 14.3 Å². The molecule has 31 heavy (non-hydrogen) atoms. The summed E-state index contributed by atoms with van der Waals surface area (Å²) in [6.07, 6.45) is 1.59. The number of nitrogens with zero attached hydrogens (tertiary/aromatic N) is 1. The molecule has 3 aromatic carbocycles. The van der Waals surface area contributed by atoms with Crippen LogP contribution in [0.5, 0.6) is 5.75 Å². The number of hydrogen-bond acceptors (Lipinski definition) is 3. The van der Waals surface area contributed by atoms with Gasteiger partial charge in [0.05, 0.1) is 12.5 Å². The molecule has 4 rings (SSSR count). The smallest absolute Gasteiger partial charge is 0.253 e. The van der Waals surface area contributed by atoms with Crippen molar-refractivity contribution in [2.45, 2.75) is 12.8 Å². The summed E-state index contributed by atoms with van der Waals surface area (Å²) in [6.45, 7) is 1.91. The Morgan fingerprint density at radius 1 is 1.03 bits per heavy atom. The minimum absolute atomic E-state index is 0.0317. The van der Waals surface area contributed by atoms with Crippen LogP contribution in [0.2, 0.25) is 5.02 Å². The fourth-order valence-electron chi connectivity index (χ4n) is 3.90. The Balaban J connectivity index is 1.25. The van der Waals surface area contributed by atoms with Gasteiger partial charge in [-0.2, -0.15) is 0 Å². The zero-order valence-electron chi connectivity index (χ0n) is 17.2. The van der Waals surface area contributed by atoms with E-state index >= 15 is 0 Å². The molecule has 0 radical (unpaired) electrons. The molecule has 0 aromatic heterocycles. The molecule has 5 nitrogen and oxygen atoms in total. The van der Waals surface area contributed by atoms with E-state index in [1.165, 1.54) is 0 Å². The first-order valence-electron chi connectivity index (χ1n) is 10.5. The Morgan fingerprint density at radius 3 is 2.61 bits per heavy atom. The summed E-state index contributed by atoms with van der Waals surface area (Å²) < 4.78 is 5.79. The maximum Gasteiger partial charge on any atom is 0.253 e. The first-order chi connectivity index (χ1) is 15.1. The molecule has 160 valence electrons. The zero-order valence-corrected chi connectivity index (χ0v) is 18.0. The van der Waals surface area contributed by atoms with Crippen molar-refractivity contribution in [3.8, 4) is 5.75 Å². The van der Waals surface area contributed by atoms with Gasteiger partial charge < -0.3 is 15.0 Å². The summed E-state index contributed by atoms with van der Waals surface area (Å²) in [4.78, 5) is 27.1. The lowest BCUT2D eigenvalue weighted by Gasteiger charge is -2.32. The zero-order chi connectivity index (χ0) is 21.6. The quantitative estimate of drug-likeness (QED) is 0.577. The third-order valence-electron chi connectivity index (χ3n) is 5.56. The number of benzene rings is 3. The number of nitrogens with one attached hydrogen (secondary N) is 1. The van der Waals surface area contributed by atoms with Crippen LogP contribution < -0.4 is 10.1 Å². The summed E-state index contributed by atoms with van der Waals surface area (Å²) >= 11 is 5.90. The van der Waals surface area contributed by atoms with Crippen molar-refractivity contribution in [2.24, 2.45) is 5.92 Å². The normalized spacial score (nSPS) is 16.2. The second-order valence-corrected chi connectivity index (χ2v) is 8.18. The van der Waals surface area contributed by atoms with Gasteiger partial charge in [-0.3, -0.25) is 9.59 Å². The van der Waals surface area contributed by atoms with Crippen LogP contribution in [0.4, 0.5) is 0 Å². The van der Waals surface area contributed by atoms with E-state index in [0.29, 0.717) is 36.8 Å². The van der Waals surface area contributed by atoms with E-state index in [-0.39, 0.29) is 17.7 Å². The summed E-state index contributed by atoms with van der Waals surface area (Å²) in [5.41, 5.74) is 0.592. The van der Waals surface area contributed by atoms with Gasteiger partial charge in [0.2, 0.25) is 5.91 Å². The number of piperidine rings is 1. The average molecular weight is 437 g/mol. The molecular formula is C25H25ClN2O3. The highest BCUT2D eigenvalue weighted by molar-refractivity contribution is 6.30. The first kappa shape index (κ1) is 21.2. The predicted molar refractivity (Wildman–Crippen MR) is 123 cm³/mol. The molecule has 0 saturated carbocycles. The van der Waals surface area contributed by atoms with Crippen LogP contribution in [0, 0.1) is 5.92 Å². The van der Waals surface area contributed by atoms with Gasteiger partial charge in [0, 0.05) is 23.7 Å². The summed E-state index contributed by atoms with van der Waals surface area (Å²) in [5.74, 6) is 0.487. The van der Waals surface area contributed by atoms with Gasteiger partial charge in [0.1, 0.15) is 12.4 Å². The highest BCUT2D eigenvalue weighted by Crippen LogP contribution is 2.21. The SMILES string of the molecule is O=C(NCCOc1ccc2ccccc2c1)C1CCCN(C(=O)c2ccc(Cl)cc2)C1. The Bertz CT molecular complexity index is 1070. The van der Waals surface area contributed by atoms with Gasteiger partial charge >= 0.3 is 0 Å². The number of ether oxygens (including phenoxy) is 1. The maximum absolute atomic E-state index is 12.7. The molecule has 1 aliphatic heterocycles. The Hall–Kier alpha value is -3.05. The monoisotopic (exact) mass is 436 g/mol. The number of fused-ring (bicyclic) bond motifs is 1. The average Bonchev–Trinajstić information content (AvgIpc) is 2.81. The predicted octanol–water partition coefficient (Wildman–Crippen LogP) is 4.54. The molecule has 0 aliphatic carbocycles.